The van der Waals surface area contributed by atoms with Crippen LogP contribution >= 0.6 is 11.3 Å². The summed E-state index contributed by atoms with van der Waals surface area (Å²) < 4.78 is 14.2. The highest BCUT2D eigenvalue weighted by Gasteiger charge is 2.33. The first kappa shape index (κ1) is 20.0. The molecule has 1 atom stereocenters. The molecule has 0 aliphatic carbocycles. The van der Waals surface area contributed by atoms with Crippen LogP contribution in [0.4, 0.5) is 0 Å². The summed E-state index contributed by atoms with van der Waals surface area (Å²) in [6.07, 6.45) is 0.720. The Hall–Kier alpha value is -3.28. The van der Waals surface area contributed by atoms with Crippen molar-refractivity contribution in [1.29, 1.82) is 0 Å². The van der Waals surface area contributed by atoms with Gasteiger partial charge in [-0.2, -0.15) is 0 Å². The molecular weight excluding hydrogens is 420 g/mol. The van der Waals surface area contributed by atoms with Crippen LogP contribution in [0.25, 0.3) is 0 Å². The van der Waals surface area contributed by atoms with Crippen molar-refractivity contribution < 1.29 is 18.9 Å². The van der Waals surface area contributed by atoms with Crippen LogP contribution in [0.15, 0.2) is 59.6 Å². The number of carboxylic acids is 1. The summed E-state index contributed by atoms with van der Waals surface area (Å²) in [5.74, 6) is 4.80. The van der Waals surface area contributed by atoms with E-state index in [0.717, 1.165) is 5.56 Å². The first-order chi connectivity index (χ1) is 14.5. The van der Waals surface area contributed by atoms with Crippen molar-refractivity contribution in [1.82, 2.24) is 9.29 Å². The summed E-state index contributed by atoms with van der Waals surface area (Å²) in [4.78, 5) is 28.6. The molecule has 0 bridgehead atoms. The average Bonchev–Trinajstić information content (AvgIpc) is 3.15. The smallest absolute Gasteiger partial charge is 0.335 e. The number of thiazole rings is 1. The van der Waals surface area contributed by atoms with Crippen LogP contribution in [0, 0.1) is 11.8 Å². The van der Waals surface area contributed by atoms with Crippen LogP contribution in [0.1, 0.15) is 31.4 Å². The molecule has 0 radical (unpaired) electrons. The van der Waals surface area contributed by atoms with Crippen molar-refractivity contribution in [3.8, 4) is 11.8 Å². The van der Waals surface area contributed by atoms with Gasteiger partial charge in [0.05, 0.1) is 23.4 Å². The second kappa shape index (κ2) is 8.61. The molecule has 2 heterocycles. The van der Waals surface area contributed by atoms with Gasteiger partial charge in [-0.3, -0.25) is 9.10 Å². The van der Waals surface area contributed by atoms with Gasteiger partial charge in [-0.25, -0.2) is 14.0 Å². The quantitative estimate of drug-likeness (QED) is 0.635. The van der Waals surface area contributed by atoms with Crippen LogP contribution in [0.2, 0.25) is 0 Å². The van der Waals surface area contributed by atoms with Crippen LogP contribution in [-0.4, -0.2) is 30.5 Å². The second-order valence-electron chi connectivity index (χ2n) is 6.57. The summed E-state index contributed by atoms with van der Waals surface area (Å²) in [7, 11) is -1.72. The van der Waals surface area contributed by atoms with Gasteiger partial charge in [0.15, 0.2) is 21.0 Å². The normalized spacial score (nSPS) is 15.3. The van der Waals surface area contributed by atoms with E-state index in [1.807, 2.05) is 30.3 Å². The first-order valence-electron chi connectivity index (χ1n) is 9.08. The second-order valence-corrected chi connectivity index (χ2v) is 8.98. The highest BCUT2D eigenvalue weighted by Crippen LogP contribution is 2.29. The van der Waals surface area contributed by atoms with Gasteiger partial charge in [0.2, 0.25) is 5.91 Å². The van der Waals surface area contributed by atoms with Crippen molar-refractivity contribution in [2.75, 3.05) is 0 Å². The number of aromatic carboxylic acids is 1. The number of amides is 1. The number of benzene rings is 2. The lowest BCUT2D eigenvalue weighted by molar-refractivity contribution is -0.126. The Morgan fingerprint density at radius 1 is 1.13 bits per heavy atom. The number of fused-ring (bicyclic) bond motifs is 1. The van der Waals surface area contributed by atoms with Crippen molar-refractivity contribution in [2.24, 2.45) is 0 Å². The molecule has 1 aliphatic heterocycles. The molecule has 1 aromatic heterocycles. The third-order valence-electron chi connectivity index (χ3n) is 4.47. The molecule has 6 nitrogen and oxygen atoms in total. The highest BCUT2D eigenvalue weighted by molar-refractivity contribution is 7.83. The number of carboxylic acid groups (broad SMARTS) is 1. The Labute approximate surface area is 179 Å². The van der Waals surface area contributed by atoms with Crippen LogP contribution < -0.4 is 0 Å². The molecule has 0 spiro atoms. The lowest BCUT2D eigenvalue weighted by Crippen LogP contribution is -2.37. The summed E-state index contributed by atoms with van der Waals surface area (Å²) in [6.45, 7) is 0.122. The maximum Gasteiger partial charge on any atom is 0.335 e. The van der Waals surface area contributed by atoms with Gasteiger partial charge in [-0.05, 0) is 29.2 Å². The molecule has 0 saturated heterocycles. The van der Waals surface area contributed by atoms with Crippen LogP contribution in [-0.2, 0) is 35.2 Å². The zero-order valence-electron chi connectivity index (χ0n) is 15.7. The Morgan fingerprint density at radius 2 is 1.87 bits per heavy atom. The van der Waals surface area contributed by atoms with Gasteiger partial charge in [-0.15, -0.1) is 11.3 Å². The molecule has 2 aromatic carbocycles. The van der Waals surface area contributed by atoms with Gasteiger partial charge in [0.25, 0.3) is 0 Å². The fourth-order valence-corrected chi connectivity index (χ4v) is 5.32. The molecule has 0 fully saturated rings. The summed E-state index contributed by atoms with van der Waals surface area (Å²) in [6, 6.07) is 16.0. The van der Waals surface area contributed by atoms with Gasteiger partial charge >= 0.3 is 5.97 Å². The van der Waals surface area contributed by atoms with Crippen molar-refractivity contribution in [3.05, 3.63) is 81.2 Å². The van der Waals surface area contributed by atoms with E-state index in [9.17, 15) is 13.8 Å². The van der Waals surface area contributed by atoms with Gasteiger partial charge in [0.1, 0.15) is 0 Å². The third kappa shape index (κ3) is 4.32. The molecule has 1 unspecified atom stereocenters. The van der Waals surface area contributed by atoms with E-state index in [4.69, 9.17) is 5.11 Å². The van der Waals surface area contributed by atoms with E-state index in [2.05, 4.69) is 16.8 Å². The average molecular weight is 437 g/mol. The molecule has 0 saturated carbocycles. The Morgan fingerprint density at radius 3 is 2.57 bits per heavy atom. The maximum absolute atomic E-state index is 12.9. The monoisotopic (exact) mass is 436 g/mol. The summed E-state index contributed by atoms with van der Waals surface area (Å²) >= 11 is 1.30. The van der Waals surface area contributed by atoms with Crippen molar-refractivity contribution in [3.63, 3.8) is 0 Å². The fraction of sp³-hybridized carbons (Fsp3) is 0.136. The Balaban J connectivity index is 1.50. The van der Waals surface area contributed by atoms with Crippen molar-refractivity contribution in [2.45, 2.75) is 24.4 Å². The molecule has 8 heteroatoms. The molecule has 150 valence electrons. The molecule has 1 amide bonds. The number of hydrogen-bond donors (Lipinski definition) is 1. The van der Waals surface area contributed by atoms with E-state index >= 15 is 0 Å². The summed E-state index contributed by atoms with van der Waals surface area (Å²) in [5.41, 5.74) is 1.96. The number of carbonyl (C=O) groups excluding carboxylic acids is 1. The number of carbonyl (C=O) groups is 2. The van der Waals surface area contributed by atoms with Crippen LogP contribution in [0.5, 0.6) is 0 Å². The van der Waals surface area contributed by atoms with Crippen LogP contribution in [0.3, 0.4) is 0 Å². The molecule has 4 rings (SSSR count). The Kier molecular flexibility index (Phi) is 5.74. The molecule has 30 heavy (non-hydrogen) atoms. The molecular formula is C22H16N2O4S2. The SMILES string of the molecule is O=C(O)c1ccc(CN2C(=O)Cc3sc(C#CCc4ccccc4)nc3S2=O)cc1. The predicted octanol–water partition coefficient (Wildman–Crippen LogP) is 3.04. The van der Waals surface area contributed by atoms with Crippen molar-refractivity contribution >= 4 is 34.2 Å². The number of aromatic nitrogens is 1. The van der Waals surface area contributed by atoms with E-state index in [-0.39, 0.29) is 24.4 Å². The van der Waals surface area contributed by atoms with Gasteiger partial charge in [-0.1, -0.05) is 48.4 Å². The first-order valence-corrected chi connectivity index (χ1v) is 11.0. The topological polar surface area (TPSA) is 87.6 Å². The fourth-order valence-electron chi connectivity index (χ4n) is 2.94. The van der Waals surface area contributed by atoms with E-state index < -0.39 is 17.0 Å². The largest absolute Gasteiger partial charge is 0.478 e. The van der Waals surface area contributed by atoms with Gasteiger partial charge < -0.3 is 5.11 Å². The number of rotatable bonds is 4. The number of hydrogen-bond acceptors (Lipinski definition) is 5. The molecule has 1 N–H and O–H groups in total. The highest BCUT2D eigenvalue weighted by atomic mass is 32.2. The minimum Gasteiger partial charge on any atom is -0.478 e. The Bertz CT molecular complexity index is 1190. The lowest BCUT2D eigenvalue weighted by atomic mass is 10.1. The van der Waals surface area contributed by atoms with E-state index in [1.165, 1.54) is 27.8 Å². The minimum atomic E-state index is -1.72. The predicted molar refractivity (Wildman–Crippen MR) is 113 cm³/mol. The molecule has 1 aliphatic rings. The zero-order chi connectivity index (χ0) is 21.1. The lowest BCUT2D eigenvalue weighted by Gasteiger charge is -2.24. The maximum atomic E-state index is 12.9. The third-order valence-corrected chi connectivity index (χ3v) is 6.98. The van der Waals surface area contributed by atoms with Gasteiger partial charge in [0, 0.05) is 6.42 Å². The minimum absolute atomic E-state index is 0.122. The summed E-state index contributed by atoms with van der Waals surface area (Å²) in [5, 5.41) is 9.91. The molecule has 3 aromatic rings. The van der Waals surface area contributed by atoms with E-state index in [1.54, 1.807) is 12.1 Å². The zero-order valence-corrected chi connectivity index (χ0v) is 17.3. The standard InChI is InChI=1S/C22H16N2O4S2/c25-20-13-18-21(23-19(29-18)8-4-7-15-5-2-1-3-6-15)30(28)24(20)14-16-9-11-17(12-10-16)22(26)27/h1-3,5-6,9-12H,7,13-14H2,(H,26,27). The van der Waals surface area contributed by atoms with E-state index in [0.29, 0.717) is 26.9 Å². The number of nitrogens with zero attached hydrogens (tertiary/aromatic N) is 2.